The molecule has 3 aromatic carbocycles. The molecule has 6 heteroatoms. The summed E-state index contributed by atoms with van der Waals surface area (Å²) < 4.78 is 33.6. The maximum atomic E-state index is 14.2. The highest BCUT2D eigenvalue weighted by atomic mass is 35.5. The highest BCUT2D eigenvalue weighted by Crippen LogP contribution is 2.54. The summed E-state index contributed by atoms with van der Waals surface area (Å²) in [5.41, 5.74) is 1.13. The highest BCUT2D eigenvalue weighted by molar-refractivity contribution is 6.30. The monoisotopic (exact) mass is 478 g/mol. The Bertz CT molecular complexity index is 1240. The molecule has 1 spiro atoms. The van der Waals surface area contributed by atoms with Gasteiger partial charge in [-0.05, 0) is 48.2 Å². The molecule has 3 aromatic rings. The van der Waals surface area contributed by atoms with E-state index in [0.717, 1.165) is 11.1 Å². The number of halogens is 2. The molecule has 4 nitrogen and oxygen atoms in total. The Morgan fingerprint density at radius 2 is 1.82 bits per heavy atom. The summed E-state index contributed by atoms with van der Waals surface area (Å²) in [7, 11) is 0. The van der Waals surface area contributed by atoms with E-state index >= 15 is 0 Å². The lowest BCUT2D eigenvalue weighted by Crippen LogP contribution is -2.65. The molecule has 0 N–H and O–H groups in total. The third-order valence-electron chi connectivity index (χ3n) is 6.45. The molecule has 0 radical (unpaired) electrons. The van der Waals surface area contributed by atoms with E-state index in [1.54, 1.807) is 24.3 Å². The molecule has 0 saturated heterocycles. The Labute approximate surface area is 202 Å². The van der Waals surface area contributed by atoms with Gasteiger partial charge in [-0.15, -0.1) is 0 Å². The van der Waals surface area contributed by atoms with Crippen LogP contribution in [0, 0.1) is 5.82 Å². The number of rotatable bonds is 6. The molecule has 2 aliphatic heterocycles. The Kier molecular flexibility index (Phi) is 6.02. The first-order valence-electron chi connectivity index (χ1n) is 11.3. The van der Waals surface area contributed by atoms with Crippen LogP contribution in [-0.2, 0) is 21.7 Å². The molecule has 0 fully saturated rings. The molecular formula is C28H24ClFO4. The van der Waals surface area contributed by atoms with Crippen molar-refractivity contribution in [2.75, 3.05) is 13.2 Å². The first kappa shape index (κ1) is 22.8. The number of Topliss-reactive ketones (excluding diaryl/α,β-unsaturated/α-hetero) is 1. The highest BCUT2D eigenvalue weighted by Gasteiger charge is 2.68. The Hall–Kier alpha value is -2.99. The lowest BCUT2D eigenvalue weighted by atomic mass is 9.73. The summed E-state index contributed by atoms with van der Waals surface area (Å²) in [4.78, 5) is 14.1. The van der Waals surface area contributed by atoms with E-state index in [2.05, 4.69) is 0 Å². The van der Waals surface area contributed by atoms with E-state index in [-0.39, 0.29) is 30.3 Å². The van der Waals surface area contributed by atoms with Gasteiger partial charge in [-0.3, -0.25) is 4.79 Å². The summed E-state index contributed by atoms with van der Waals surface area (Å²) in [6.07, 6.45) is 3.05. The van der Waals surface area contributed by atoms with E-state index in [1.807, 2.05) is 43.3 Å². The second-order valence-electron chi connectivity index (χ2n) is 8.35. The molecular weight excluding hydrogens is 455 g/mol. The Morgan fingerprint density at radius 1 is 1.06 bits per heavy atom. The van der Waals surface area contributed by atoms with E-state index in [0.29, 0.717) is 23.4 Å². The van der Waals surface area contributed by atoms with Crippen molar-refractivity contribution in [2.45, 2.75) is 31.2 Å². The SMILES string of the molecule is CCC1=CCO[C@@]12C(=O)c1ccc(F)cc1O[C@@]2(OCCc1ccccc1)c1ccc(Cl)cc1. The zero-order chi connectivity index (χ0) is 23.8. The second kappa shape index (κ2) is 8.99. The summed E-state index contributed by atoms with van der Waals surface area (Å²) in [6, 6.07) is 20.8. The van der Waals surface area contributed by atoms with Crippen LogP contribution >= 0.6 is 11.6 Å². The third kappa shape index (κ3) is 3.56. The minimum atomic E-state index is -1.66. The van der Waals surface area contributed by atoms with E-state index in [1.165, 1.54) is 18.2 Å². The average molecular weight is 479 g/mol. The van der Waals surface area contributed by atoms with Crippen molar-refractivity contribution in [3.63, 3.8) is 0 Å². The first-order chi connectivity index (χ1) is 16.5. The molecule has 0 aliphatic carbocycles. The van der Waals surface area contributed by atoms with Gasteiger partial charge in [0.15, 0.2) is 0 Å². The van der Waals surface area contributed by atoms with Gasteiger partial charge in [0.25, 0.3) is 5.79 Å². The summed E-state index contributed by atoms with van der Waals surface area (Å²) in [5, 5.41) is 0.532. The van der Waals surface area contributed by atoms with Crippen molar-refractivity contribution in [2.24, 2.45) is 0 Å². The topological polar surface area (TPSA) is 44.8 Å². The fraction of sp³-hybridized carbons (Fsp3) is 0.250. The molecule has 5 rings (SSSR count). The van der Waals surface area contributed by atoms with Crippen molar-refractivity contribution in [1.82, 2.24) is 0 Å². The Balaban J connectivity index is 1.68. The second-order valence-corrected chi connectivity index (χ2v) is 8.79. The molecule has 174 valence electrons. The lowest BCUT2D eigenvalue weighted by molar-refractivity contribution is -0.273. The van der Waals surface area contributed by atoms with Gasteiger partial charge < -0.3 is 14.2 Å². The van der Waals surface area contributed by atoms with Gasteiger partial charge in [-0.1, -0.05) is 67.1 Å². The van der Waals surface area contributed by atoms with Gasteiger partial charge in [0.1, 0.15) is 11.6 Å². The molecule has 0 bridgehead atoms. The molecule has 0 saturated carbocycles. The number of carbonyl (C=O) groups is 1. The lowest BCUT2D eigenvalue weighted by Gasteiger charge is -2.50. The van der Waals surface area contributed by atoms with Crippen LogP contribution in [0.1, 0.15) is 34.8 Å². The molecule has 0 amide bonds. The number of hydrogen-bond acceptors (Lipinski definition) is 4. The molecule has 0 aromatic heterocycles. The van der Waals surface area contributed by atoms with Crippen molar-refractivity contribution in [3.8, 4) is 5.75 Å². The molecule has 0 unspecified atom stereocenters. The van der Waals surface area contributed by atoms with Crippen LogP contribution in [-0.4, -0.2) is 24.6 Å². The smallest absolute Gasteiger partial charge is 0.278 e. The largest absolute Gasteiger partial charge is 0.453 e. The summed E-state index contributed by atoms with van der Waals surface area (Å²) >= 11 is 6.18. The van der Waals surface area contributed by atoms with Gasteiger partial charge in [0.2, 0.25) is 11.4 Å². The van der Waals surface area contributed by atoms with E-state index < -0.39 is 17.2 Å². The van der Waals surface area contributed by atoms with Crippen LogP contribution in [0.4, 0.5) is 4.39 Å². The number of carbonyl (C=O) groups excluding carboxylic acids is 1. The zero-order valence-corrected chi connectivity index (χ0v) is 19.5. The predicted molar refractivity (Wildman–Crippen MR) is 128 cm³/mol. The van der Waals surface area contributed by atoms with Crippen LogP contribution in [0.2, 0.25) is 5.02 Å². The maximum absolute atomic E-state index is 14.2. The molecule has 2 atom stereocenters. The molecule has 2 heterocycles. The maximum Gasteiger partial charge on any atom is 0.278 e. The fourth-order valence-corrected chi connectivity index (χ4v) is 4.98. The van der Waals surface area contributed by atoms with Gasteiger partial charge >= 0.3 is 0 Å². The van der Waals surface area contributed by atoms with Crippen molar-refractivity contribution in [3.05, 3.63) is 112 Å². The number of fused-ring (bicyclic) bond motifs is 1. The normalized spacial score (nSPS) is 23.5. The number of ketones is 1. The van der Waals surface area contributed by atoms with E-state index in [9.17, 15) is 9.18 Å². The Morgan fingerprint density at radius 3 is 2.56 bits per heavy atom. The minimum absolute atomic E-state index is 0.122. The van der Waals surface area contributed by atoms with Gasteiger partial charge in [-0.25, -0.2) is 4.39 Å². The minimum Gasteiger partial charge on any atom is -0.453 e. The number of benzene rings is 3. The predicted octanol–water partition coefficient (Wildman–Crippen LogP) is 6.27. The summed E-state index contributed by atoms with van der Waals surface area (Å²) in [6.45, 7) is 2.45. The van der Waals surface area contributed by atoms with Gasteiger partial charge in [0.05, 0.1) is 18.8 Å². The first-order valence-corrected chi connectivity index (χ1v) is 11.7. The fourth-order valence-electron chi connectivity index (χ4n) is 4.85. The van der Waals surface area contributed by atoms with Crippen molar-refractivity contribution >= 4 is 17.4 Å². The average Bonchev–Trinajstić information content (AvgIpc) is 3.29. The van der Waals surface area contributed by atoms with Crippen LogP contribution in [0.25, 0.3) is 0 Å². The van der Waals surface area contributed by atoms with Crippen molar-refractivity contribution < 1.29 is 23.4 Å². The number of hydrogen-bond donors (Lipinski definition) is 0. The number of ether oxygens (including phenoxy) is 3. The zero-order valence-electron chi connectivity index (χ0n) is 18.7. The van der Waals surface area contributed by atoms with Gasteiger partial charge in [-0.2, -0.15) is 0 Å². The standard InChI is InChI=1S/C28H24ClFO4/c1-2-20-15-17-32-27(20)26(31)24-13-12-23(30)18-25(24)34-28(27,21-8-10-22(29)11-9-21)33-16-14-19-6-4-3-5-7-19/h3-13,15,18H,2,14,16-17H2,1H3/t27-,28+/m1/s1. The quantitative estimate of drug-likeness (QED) is 0.391. The summed E-state index contributed by atoms with van der Waals surface area (Å²) in [5.74, 6) is -2.36. The van der Waals surface area contributed by atoms with Gasteiger partial charge in [0, 0.05) is 16.7 Å². The third-order valence-corrected chi connectivity index (χ3v) is 6.70. The van der Waals surface area contributed by atoms with Crippen LogP contribution in [0.5, 0.6) is 5.75 Å². The van der Waals surface area contributed by atoms with Crippen molar-refractivity contribution in [1.29, 1.82) is 0 Å². The van der Waals surface area contributed by atoms with Crippen LogP contribution in [0.15, 0.2) is 84.4 Å². The van der Waals surface area contributed by atoms with E-state index in [4.69, 9.17) is 25.8 Å². The van der Waals surface area contributed by atoms with Crippen LogP contribution in [0.3, 0.4) is 0 Å². The van der Waals surface area contributed by atoms with Crippen LogP contribution < -0.4 is 4.74 Å². The molecule has 34 heavy (non-hydrogen) atoms. The molecule has 2 aliphatic rings.